The maximum Gasteiger partial charge on any atom is 0.287 e. The number of halogens is 1. The Labute approximate surface area is 117 Å². The van der Waals surface area contributed by atoms with Crippen molar-refractivity contribution in [2.75, 3.05) is 24.6 Å². The molecule has 6 nitrogen and oxygen atoms in total. The Hall–Kier alpha value is -1.47. The standard InChI is InChI=1S/C11H11ClN2O4S/c12-9-7-8(1-2-10(9)14(16)17)11(15)13-3-5-19(18)6-4-13/h1-2,7H,3-6H2. The second kappa shape index (κ2) is 5.66. The first-order valence-corrected chi connectivity index (χ1v) is 7.44. The number of amides is 1. The first-order chi connectivity index (χ1) is 8.99. The molecule has 0 spiro atoms. The van der Waals surface area contributed by atoms with Crippen LogP contribution in [0.2, 0.25) is 5.02 Å². The third kappa shape index (κ3) is 3.10. The van der Waals surface area contributed by atoms with Crippen molar-refractivity contribution >= 4 is 34.0 Å². The van der Waals surface area contributed by atoms with Crippen molar-refractivity contribution in [3.8, 4) is 0 Å². The summed E-state index contributed by atoms with van der Waals surface area (Å²) in [6, 6.07) is 3.91. The molecule has 0 N–H and O–H groups in total. The zero-order chi connectivity index (χ0) is 14.0. The zero-order valence-corrected chi connectivity index (χ0v) is 11.4. The molecule has 0 bridgehead atoms. The highest BCUT2D eigenvalue weighted by Crippen LogP contribution is 2.25. The van der Waals surface area contributed by atoms with Gasteiger partial charge in [-0.25, -0.2) is 0 Å². The van der Waals surface area contributed by atoms with Crippen LogP contribution in [-0.4, -0.2) is 44.5 Å². The smallest absolute Gasteiger partial charge is 0.287 e. The van der Waals surface area contributed by atoms with Crippen LogP contribution < -0.4 is 0 Å². The van der Waals surface area contributed by atoms with Gasteiger partial charge < -0.3 is 4.90 Å². The van der Waals surface area contributed by atoms with E-state index in [0.29, 0.717) is 30.2 Å². The molecule has 0 saturated carbocycles. The molecule has 1 aliphatic heterocycles. The molecule has 1 amide bonds. The lowest BCUT2D eigenvalue weighted by molar-refractivity contribution is -0.384. The summed E-state index contributed by atoms with van der Waals surface area (Å²) in [4.78, 5) is 23.8. The van der Waals surface area contributed by atoms with E-state index in [0.717, 1.165) is 0 Å². The molecular formula is C11H11ClN2O4S. The van der Waals surface area contributed by atoms with Crippen LogP contribution in [0, 0.1) is 10.1 Å². The molecule has 8 heteroatoms. The van der Waals surface area contributed by atoms with E-state index in [2.05, 4.69) is 0 Å². The number of nitro groups is 1. The molecule has 1 heterocycles. The fourth-order valence-electron chi connectivity index (χ4n) is 1.81. The first kappa shape index (κ1) is 14.0. The summed E-state index contributed by atoms with van der Waals surface area (Å²) in [6.07, 6.45) is 0. The molecule has 0 atom stereocenters. The summed E-state index contributed by atoms with van der Waals surface area (Å²) in [7, 11) is -0.857. The first-order valence-electron chi connectivity index (χ1n) is 5.57. The Morgan fingerprint density at radius 2 is 2.00 bits per heavy atom. The summed E-state index contributed by atoms with van der Waals surface area (Å²) in [5.74, 6) is 0.687. The number of carbonyl (C=O) groups excluding carboxylic acids is 1. The highest BCUT2D eigenvalue weighted by atomic mass is 35.5. The molecule has 1 saturated heterocycles. The number of rotatable bonds is 2. The lowest BCUT2D eigenvalue weighted by Crippen LogP contribution is -2.41. The van der Waals surface area contributed by atoms with Gasteiger partial charge in [0.25, 0.3) is 11.6 Å². The predicted octanol–water partition coefficient (Wildman–Crippen LogP) is 1.45. The lowest BCUT2D eigenvalue weighted by atomic mass is 10.2. The SMILES string of the molecule is O=C(c1ccc([N+](=O)[O-])c(Cl)c1)N1CCS(=O)CC1. The quantitative estimate of drug-likeness (QED) is 0.612. The number of nitrogens with zero attached hydrogens (tertiary/aromatic N) is 2. The van der Waals surface area contributed by atoms with Gasteiger partial charge in [0, 0.05) is 47.0 Å². The van der Waals surface area contributed by atoms with Gasteiger partial charge in [0.2, 0.25) is 0 Å². The van der Waals surface area contributed by atoms with Crippen LogP contribution >= 0.6 is 11.6 Å². The highest BCUT2D eigenvalue weighted by Gasteiger charge is 2.23. The minimum atomic E-state index is -0.857. The molecule has 0 aliphatic carbocycles. The summed E-state index contributed by atoms with van der Waals surface area (Å²) in [5.41, 5.74) is 0.0845. The number of hydrogen-bond donors (Lipinski definition) is 0. The molecule has 1 fully saturated rings. The van der Waals surface area contributed by atoms with E-state index >= 15 is 0 Å². The van der Waals surface area contributed by atoms with Crippen LogP contribution in [-0.2, 0) is 10.8 Å². The van der Waals surface area contributed by atoms with Crippen LogP contribution in [0.5, 0.6) is 0 Å². The van der Waals surface area contributed by atoms with Gasteiger partial charge in [-0.1, -0.05) is 11.6 Å². The largest absolute Gasteiger partial charge is 0.337 e. The van der Waals surface area contributed by atoms with Crippen LogP contribution in [0.15, 0.2) is 18.2 Å². The molecule has 2 rings (SSSR count). The van der Waals surface area contributed by atoms with Crippen LogP contribution in [0.4, 0.5) is 5.69 Å². The maximum absolute atomic E-state index is 12.1. The Morgan fingerprint density at radius 1 is 1.37 bits per heavy atom. The van der Waals surface area contributed by atoms with Crippen molar-refractivity contribution in [1.82, 2.24) is 4.90 Å². The molecule has 1 aliphatic rings. The Bertz CT molecular complexity index is 554. The van der Waals surface area contributed by atoms with Crippen LogP contribution in [0.25, 0.3) is 0 Å². The third-order valence-electron chi connectivity index (χ3n) is 2.86. The summed E-state index contributed by atoms with van der Waals surface area (Å²) >= 11 is 5.77. The summed E-state index contributed by atoms with van der Waals surface area (Å²) in [5, 5.41) is 10.6. The van der Waals surface area contributed by atoms with E-state index in [-0.39, 0.29) is 16.6 Å². The molecule has 1 aromatic rings. The topological polar surface area (TPSA) is 80.5 Å². The molecule has 19 heavy (non-hydrogen) atoms. The van der Waals surface area contributed by atoms with Crippen molar-refractivity contribution in [3.05, 3.63) is 38.9 Å². The highest BCUT2D eigenvalue weighted by molar-refractivity contribution is 7.85. The van der Waals surface area contributed by atoms with Crippen molar-refractivity contribution in [1.29, 1.82) is 0 Å². The third-order valence-corrected chi connectivity index (χ3v) is 4.43. The van der Waals surface area contributed by atoms with Crippen LogP contribution in [0.3, 0.4) is 0 Å². The molecule has 0 aromatic heterocycles. The second-order valence-electron chi connectivity index (χ2n) is 4.06. The average Bonchev–Trinajstić information content (AvgIpc) is 2.38. The van der Waals surface area contributed by atoms with Gasteiger partial charge in [-0.2, -0.15) is 0 Å². The Morgan fingerprint density at radius 3 is 2.53 bits per heavy atom. The molecular weight excluding hydrogens is 292 g/mol. The van der Waals surface area contributed by atoms with E-state index in [4.69, 9.17) is 11.6 Å². The second-order valence-corrected chi connectivity index (χ2v) is 6.17. The Balaban J connectivity index is 2.18. The van der Waals surface area contributed by atoms with Gasteiger partial charge in [-0.05, 0) is 12.1 Å². The van der Waals surface area contributed by atoms with Crippen molar-refractivity contribution in [2.45, 2.75) is 0 Å². The number of carbonyl (C=O) groups is 1. The maximum atomic E-state index is 12.1. The monoisotopic (exact) mass is 302 g/mol. The van der Waals surface area contributed by atoms with Gasteiger partial charge >= 0.3 is 0 Å². The normalized spacial score (nSPS) is 16.4. The minimum absolute atomic E-state index is 0.0589. The van der Waals surface area contributed by atoms with Gasteiger partial charge in [0.05, 0.1) is 4.92 Å². The van der Waals surface area contributed by atoms with Crippen molar-refractivity contribution in [2.24, 2.45) is 0 Å². The average molecular weight is 303 g/mol. The van der Waals surface area contributed by atoms with Gasteiger partial charge in [-0.15, -0.1) is 0 Å². The predicted molar refractivity (Wildman–Crippen MR) is 71.9 cm³/mol. The number of hydrogen-bond acceptors (Lipinski definition) is 4. The fourth-order valence-corrected chi connectivity index (χ4v) is 3.11. The minimum Gasteiger partial charge on any atom is -0.337 e. The van der Waals surface area contributed by atoms with Crippen molar-refractivity contribution < 1.29 is 13.9 Å². The van der Waals surface area contributed by atoms with Crippen molar-refractivity contribution in [3.63, 3.8) is 0 Å². The number of nitro benzene ring substituents is 1. The Kier molecular flexibility index (Phi) is 4.16. The number of benzene rings is 1. The van der Waals surface area contributed by atoms with Gasteiger partial charge in [0.1, 0.15) is 5.02 Å². The van der Waals surface area contributed by atoms with Gasteiger partial charge in [-0.3, -0.25) is 19.1 Å². The van der Waals surface area contributed by atoms with E-state index in [1.807, 2.05) is 0 Å². The van der Waals surface area contributed by atoms with E-state index < -0.39 is 15.7 Å². The molecule has 0 unspecified atom stereocenters. The van der Waals surface area contributed by atoms with E-state index in [9.17, 15) is 19.1 Å². The molecule has 0 radical (unpaired) electrons. The molecule has 102 valence electrons. The van der Waals surface area contributed by atoms with E-state index in [1.165, 1.54) is 18.2 Å². The zero-order valence-electron chi connectivity index (χ0n) is 9.87. The lowest BCUT2D eigenvalue weighted by Gasteiger charge is -2.26. The van der Waals surface area contributed by atoms with Gasteiger partial charge in [0.15, 0.2) is 0 Å². The molecule has 1 aromatic carbocycles. The summed E-state index contributed by atoms with van der Waals surface area (Å²) in [6.45, 7) is 0.861. The van der Waals surface area contributed by atoms with Crippen LogP contribution in [0.1, 0.15) is 10.4 Å². The van der Waals surface area contributed by atoms with E-state index in [1.54, 1.807) is 4.90 Å². The summed E-state index contributed by atoms with van der Waals surface area (Å²) < 4.78 is 11.2. The fraction of sp³-hybridized carbons (Fsp3) is 0.364.